The van der Waals surface area contributed by atoms with Crippen molar-refractivity contribution in [3.63, 3.8) is 0 Å². The van der Waals surface area contributed by atoms with Gasteiger partial charge in [-0.2, -0.15) is 13.5 Å². The summed E-state index contributed by atoms with van der Waals surface area (Å²) in [6.45, 7) is 1.71. The normalized spacial score (nSPS) is 11.6. The number of methoxy groups -OCH3 is 1. The van der Waals surface area contributed by atoms with Crippen molar-refractivity contribution in [2.75, 3.05) is 12.8 Å². The van der Waals surface area contributed by atoms with Crippen LogP contribution in [0.15, 0.2) is 28.2 Å². The summed E-state index contributed by atoms with van der Waals surface area (Å²) in [6.07, 6.45) is 0. The predicted octanol–water partition coefficient (Wildman–Crippen LogP) is 2.65. The van der Waals surface area contributed by atoms with Gasteiger partial charge >= 0.3 is 0 Å². The topological polar surface area (TPSA) is 126 Å². The molecule has 0 aliphatic rings. The lowest BCUT2D eigenvalue weighted by molar-refractivity contribution is 0.420. The predicted molar refractivity (Wildman–Crippen MR) is 74.3 cm³/mol. The molecular formula is C12H13N3O4S. The zero-order valence-corrected chi connectivity index (χ0v) is 11.7. The molecule has 0 aliphatic carbocycles. The van der Waals surface area contributed by atoms with Crippen LogP contribution in [0, 0.1) is 12.5 Å². The van der Waals surface area contributed by atoms with Crippen LogP contribution in [0.5, 0.6) is 5.75 Å². The summed E-state index contributed by atoms with van der Waals surface area (Å²) >= 11 is 0. The van der Waals surface area contributed by atoms with Crippen LogP contribution in [0.3, 0.4) is 0 Å². The lowest BCUT2D eigenvalue weighted by Crippen LogP contribution is -2.01. The number of ether oxygens (including phenoxy) is 1. The molecule has 0 amide bonds. The Labute approximate surface area is 115 Å². The highest BCUT2D eigenvalue weighted by molar-refractivity contribution is 7.85. The lowest BCUT2D eigenvalue weighted by Gasteiger charge is -2.13. The van der Waals surface area contributed by atoms with E-state index in [-0.39, 0.29) is 10.6 Å². The van der Waals surface area contributed by atoms with E-state index in [4.69, 9.17) is 20.6 Å². The molecule has 0 fully saturated rings. The molecule has 7 nitrogen and oxygen atoms in total. The lowest BCUT2D eigenvalue weighted by atomic mass is 10.0. The molecular weight excluding hydrogens is 282 g/mol. The third-order valence-corrected chi connectivity index (χ3v) is 3.81. The van der Waals surface area contributed by atoms with Crippen molar-refractivity contribution in [2.45, 2.75) is 11.8 Å². The van der Waals surface area contributed by atoms with Gasteiger partial charge in [0, 0.05) is 11.1 Å². The average molecular weight is 295 g/mol. The molecule has 2 rings (SSSR count). The second kappa shape index (κ2) is 4.73. The molecule has 106 valence electrons. The standard InChI is InChI=1S/C12H13N3O4S/c1-6-3-7-4-8(20(16,17)18)5-9(13)10(7)12(19-2)11(6)15-14/h3-5,14H,13H2,1-2H3,(H,16,17,18). The van der Waals surface area contributed by atoms with Crippen molar-refractivity contribution >= 4 is 32.3 Å². The van der Waals surface area contributed by atoms with Crippen LogP contribution in [0.25, 0.3) is 10.8 Å². The number of benzene rings is 2. The van der Waals surface area contributed by atoms with E-state index in [0.717, 1.165) is 6.07 Å². The van der Waals surface area contributed by atoms with Gasteiger partial charge in [0.1, 0.15) is 5.69 Å². The minimum atomic E-state index is -4.35. The van der Waals surface area contributed by atoms with Crippen LogP contribution in [0.2, 0.25) is 0 Å². The Balaban J connectivity index is 2.98. The summed E-state index contributed by atoms with van der Waals surface area (Å²) in [4.78, 5) is -0.292. The van der Waals surface area contributed by atoms with Crippen molar-refractivity contribution in [2.24, 2.45) is 5.11 Å². The highest BCUT2D eigenvalue weighted by atomic mass is 32.2. The molecule has 0 atom stereocenters. The summed E-state index contributed by atoms with van der Waals surface area (Å²) in [5.74, 6) is 0.300. The van der Waals surface area contributed by atoms with Crippen molar-refractivity contribution < 1.29 is 17.7 Å². The van der Waals surface area contributed by atoms with Gasteiger partial charge in [-0.3, -0.25) is 4.55 Å². The largest absolute Gasteiger partial charge is 0.494 e. The molecule has 0 aromatic heterocycles. The Bertz CT molecular complexity index is 815. The zero-order chi connectivity index (χ0) is 15.1. The van der Waals surface area contributed by atoms with Crippen molar-refractivity contribution in [1.82, 2.24) is 0 Å². The van der Waals surface area contributed by atoms with Gasteiger partial charge in [0.2, 0.25) is 0 Å². The highest BCUT2D eigenvalue weighted by Crippen LogP contribution is 2.42. The van der Waals surface area contributed by atoms with E-state index < -0.39 is 10.1 Å². The Morgan fingerprint density at radius 3 is 2.50 bits per heavy atom. The van der Waals surface area contributed by atoms with Gasteiger partial charge in [-0.15, -0.1) is 0 Å². The molecule has 20 heavy (non-hydrogen) atoms. The molecule has 0 heterocycles. The third kappa shape index (κ3) is 2.19. The molecule has 2 aromatic rings. The smallest absolute Gasteiger partial charge is 0.294 e. The molecule has 8 heteroatoms. The van der Waals surface area contributed by atoms with Crippen molar-refractivity contribution in [1.29, 1.82) is 5.53 Å². The van der Waals surface area contributed by atoms with Gasteiger partial charge in [0.25, 0.3) is 10.1 Å². The van der Waals surface area contributed by atoms with E-state index in [2.05, 4.69) is 5.11 Å². The van der Waals surface area contributed by atoms with E-state index in [1.54, 1.807) is 13.0 Å². The van der Waals surface area contributed by atoms with Crippen LogP contribution in [0.1, 0.15) is 5.56 Å². The molecule has 0 radical (unpaired) electrons. The Hall–Kier alpha value is -2.19. The maximum atomic E-state index is 11.2. The molecule has 0 spiro atoms. The maximum Gasteiger partial charge on any atom is 0.294 e. The summed E-state index contributed by atoms with van der Waals surface area (Å²) in [6, 6.07) is 4.07. The highest BCUT2D eigenvalue weighted by Gasteiger charge is 2.18. The summed E-state index contributed by atoms with van der Waals surface area (Å²) in [5.41, 5.74) is 14.1. The van der Waals surface area contributed by atoms with Gasteiger partial charge in [-0.05, 0) is 36.1 Å². The minimum absolute atomic E-state index is 0.122. The van der Waals surface area contributed by atoms with Gasteiger partial charge in [0.15, 0.2) is 5.75 Å². The van der Waals surface area contributed by atoms with Gasteiger partial charge < -0.3 is 10.5 Å². The maximum absolute atomic E-state index is 11.2. The molecule has 0 aliphatic heterocycles. The Morgan fingerprint density at radius 2 is 2.00 bits per heavy atom. The number of rotatable bonds is 3. The average Bonchev–Trinajstić information content (AvgIpc) is 2.35. The number of nitrogens with one attached hydrogen (secondary N) is 1. The van der Waals surface area contributed by atoms with Crippen LogP contribution >= 0.6 is 0 Å². The monoisotopic (exact) mass is 295 g/mol. The summed E-state index contributed by atoms with van der Waals surface area (Å²) in [5, 5.41) is 4.35. The first-order valence-electron chi connectivity index (χ1n) is 5.55. The number of fused-ring (bicyclic) bond motifs is 1. The van der Waals surface area contributed by atoms with Gasteiger partial charge in [-0.1, -0.05) is 0 Å². The second-order valence-corrected chi connectivity index (χ2v) is 5.69. The first kappa shape index (κ1) is 14.2. The van der Waals surface area contributed by atoms with Crippen LogP contribution in [-0.4, -0.2) is 20.1 Å². The first-order chi connectivity index (χ1) is 9.29. The molecule has 0 bridgehead atoms. The molecule has 0 unspecified atom stereocenters. The number of nitrogens with two attached hydrogens (primary N) is 1. The third-order valence-electron chi connectivity index (χ3n) is 2.97. The first-order valence-corrected chi connectivity index (χ1v) is 6.99. The van der Waals surface area contributed by atoms with E-state index in [1.165, 1.54) is 13.2 Å². The summed E-state index contributed by atoms with van der Waals surface area (Å²) in [7, 11) is -2.93. The quantitative estimate of drug-likeness (QED) is 0.456. The SMILES string of the molecule is COc1c(N=N)c(C)cc2cc(S(=O)(=O)O)cc(N)c12. The minimum Gasteiger partial charge on any atom is -0.494 e. The fourth-order valence-corrected chi connectivity index (χ4v) is 2.67. The number of hydrogen-bond donors (Lipinski definition) is 3. The molecule has 2 aromatic carbocycles. The van der Waals surface area contributed by atoms with Crippen molar-refractivity contribution in [3.05, 3.63) is 23.8 Å². The Kier molecular flexibility index (Phi) is 3.36. The zero-order valence-electron chi connectivity index (χ0n) is 10.8. The molecule has 0 saturated carbocycles. The van der Waals surface area contributed by atoms with Crippen molar-refractivity contribution in [3.8, 4) is 5.75 Å². The molecule has 0 saturated heterocycles. The molecule has 4 N–H and O–H groups in total. The van der Waals surface area contributed by atoms with Crippen LogP contribution in [0.4, 0.5) is 11.4 Å². The van der Waals surface area contributed by atoms with Crippen LogP contribution in [-0.2, 0) is 10.1 Å². The fourth-order valence-electron chi connectivity index (χ4n) is 2.12. The summed E-state index contributed by atoms with van der Waals surface area (Å²) < 4.78 is 36.8. The Morgan fingerprint density at radius 1 is 1.35 bits per heavy atom. The number of nitrogen functional groups attached to an aromatic ring is 1. The number of hydrogen-bond acceptors (Lipinski definition) is 6. The fraction of sp³-hybridized carbons (Fsp3) is 0.167. The number of anilines is 1. The van der Waals surface area contributed by atoms with E-state index >= 15 is 0 Å². The van der Waals surface area contributed by atoms with Gasteiger partial charge in [-0.25, -0.2) is 5.53 Å². The van der Waals surface area contributed by atoms with E-state index in [9.17, 15) is 8.42 Å². The van der Waals surface area contributed by atoms with E-state index in [0.29, 0.717) is 27.8 Å². The van der Waals surface area contributed by atoms with Crippen LogP contribution < -0.4 is 10.5 Å². The number of nitrogens with zero attached hydrogens (tertiary/aromatic N) is 1. The van der Waals surface area contributed by atoms with Gasteiger partial charge in [0.05, 0.1) is 12.0 Å². The number of aryl methyl sites for hydroxylation is 1. The van der Waals surface area contributed by atoms with E-state index in [1.807, 2.05) is 0 Å². The second-order valence-electron chi connectivity index (χ2n) is 4.27.